The number of aromatic nitrogens is 3. The minimum Gasteiger partial charge on any atom is -0.463 e. The van der Waals surface area contributed by atoms with E-state index in [9.17, 15) is 24.5 Å². The highest BCUT2D eigenvalue weighted by atomic mass is 35.5. The highest BCUT2D eigenvalue weighted by molar-refractivity contribution is 7.99. The Morgan fingerprint density at radius 1 is 1.13 bits per heavy atom. The van der Waals surface area contributed by atoms with Gasteiger partial charge in [-0.2, -0.15) is 0 Å². The number of ether oxygens (including phenoxy) is 1. The number of carbonyl (C=O) groups excluding carboxylic acids is 1. The van der Waals surface area contributed by atoms with Crippen LogP contribution in [0.25, 0.3) is 11.8 Å². The molecule has 6 rings (SSSR count). The molecule has 2 aromatic heterocycles. The van der Waals surface area contributed by atoms with Crippen molar-refractivity contribution in [1.82, 2.24) is 14.5 Å². The Labute approximate surface area is 279 Å². The lowest BCUT2D eigenvalue weighted by Crippen LogP contribution is -2.40. The fourth-order valence-electron chi connectivity index (χ4n) is 5.11. The second-order valence-electron chi connectivity index (χ2n) is 10.3. The topological polar surface area (TPSA) is 150 Å². The first-order valence-corrected chi connectivity index (χ1v) is 16.2. The van der Waals surface area contributed by atoms with E-state index in [2.05, 4.69) is 9.97 Å². The molecular formula is C33H24ClN5O6S2. The molecule has 3 aromatic carbocycles. The molecule has 236 valence electrons. The van der Waals surface area contributed by atoms with Crippen LogP contribution in [0.2, 0.25) is 5.02 Å². The van der Waals surface area contributed by atoms with Gasteiger partial charge in [0, 0.05) is 28.4 Å². The smallest absolute Gasteiger partial charge is 0.338 e. The molecule has 1 aliphatic heterocycles. The monoisotopic (exact) mass is 685 g/mol. The summed E-state index contributed by atoms with van der Waals surface area (Å²) in [5.74, 6) is -0.613. The predicted molar refractivity (Wildman–Crippen MR) is 179 cm³/mol. The summed E-state index contributed by atoms with van der Waals surface area (Å²) in [4.78, 5) is 63.4. The molecule has 11 nitrogen and oxygen atoms in total. The van der Waals surface area contributed by atoms with Gasteiger partial charge in [-0.15, -0.1) is 0 Å². The van der Waals surface area contributed by atoms with Crippen LogP contribution in [0.5, 0.6) is 0 Å². The minimum atomic E-state index is -0.892. The van der Waals surface area contributed by atoms with E-state index in [1.807, 2.05) is 30.3 Å². The van der Waals surface area contributed by atoms with Crippen LogP contribution in [0.15, 0.2) is 109 Å². The van der Waals surface area contributed by atoms with Crippen LogP contribution < -0.4 is 20.5 Å². The van der Waals surface area contributed by atoms with Crippen molar-refractivity contribution in [3.05, 3.63) is 152 Å². The summed E-state index contributed by atoms with van der Waals surface area (Å²) in [5, 5.41) is 12.8. The zero-order chi connectivity index (χ0) is 33.2. The molecule has 14 heteroatoms. The van der Waals surface area contributed by atoms with Crippen LogP contribution in [0.3, 0.4) is 0 Å². The van der Waals surface area contributed by atoms with E-state index < -0.39 is 22.5 Å². The Kier molecular flexibility index (Phi) is 9.03. The summed E-state index contributed by atoms with van der Waals surface area (Å²) >= 11 is 8.25. The van der Waals surface area contributed by atoms with Gasteiger partial charge in [-0.3, -0.25) is 24.3 Å². The molecule has 1 atom stereocenters. The molecule has 5 aromatic rings. The van der Waals surface area contributed by atoms with Crippen LogP contribution in [0.4, 0.5) is 5.69 Å². The maximum atomic E-state index is 14.1. The number of halogens is 1. The zero-order valence-electron chi connectivity index (χ0n) is 24.8. The lowest BCUT2D eigenvalue weighted by atomic mass is 9.93. The number of H-pyrrole nitrogens is 1. The van der Waals surface area contributed by atoms with Crippen LogP contribution in [0, 0.1) is 17.0 Å². The molecule has 0 bridgehead atoms. The molecule has 0 radical (unpaired) electrons. The number of aromatic amines is 1. The molecular weight excluding hydrogens is 662 g/mol. The van der Waals surface area contributed by atoms with Gasteiger partial charge in [0.1, 0.15) is 0 Å². The molecule has 47 heavy (non-hydrogen) atoms. The molecule has 0 unspecified atom stereocenters. The Morgan fingerprint density at radius 3 is 2.55 bits per heavy atom. The average Bonchev–Trinajstić information content (AvgIpc) is 3.35. The van der Waals surface area contributed by atoms with Gasteiger partial charge in [-0.25, -0.2) is 14.8 Å². The average molecular weight is 686 g/mol. The van der Waals surface area contributed by atoms with Crippen molar-refractivity contribution in [3.63, 3.8) is 0 Å². The van der Waals surface area contributed by atoms with Gasteiger partial charge in [-0.05, 0) is 61.0 Å². The summed E-state index contributed by atoms with van der Waals surface area (Å²) in [6.07, 6.45) is 1.55. The van der Waals surface area contributed by atoms with Crippen LogP contribution in [-0.2, 0) is 9.53 Å². The molecule has 0 aliphatic carbocycles. The lowest BCUT2D eigenvalue weighted by Gasteiger charge is -2.25. The number of rotatable bonds is 8. The van der Waals surface area contributed by atoms with Gasteiger partial charge < -0.3 is 9.72 Å². The van der Waals surface area contributed by atoms with E-state index in [1.54, 1.807) is 50.3 Å². The number of nitrogens with zero attached hydrogens (tertiary/aromatic N) is 4. The molecule has 0 amide bonds. The summed E-state index contributed by atoms with van der Waals surface area (Å²) in [6.45, 7) is 3.47. The van der Waals surface area contributed by atoms with Gasteiger partial charge in [-0.1, -0.05) is 71.5 Å². The van der Waals surface area contributed by atoms with Crippen molar-refractivity contribution in [2.75, 3.05) is 6.61 Å². The highest BCUT2D eigenvalue weighted by Gasteiger charge is 2.35. The van der Waals surface area contributed by atoms with E-state index in [4.69, 9.17) is 21.3 Å². The highest BCUT2D eigenvalue weighted by Crippen LogP contribution is 2.36. The fourth-order valence-corrected chi connectivity index (χ4v) is 7.16. The number of nitro benzene ring substituents is 1. The number of hydrogen-bond donors (Lipinski definition) is 1. The van der Waals surface area contributed by atoms with Crippen molar-refractivity contribution >= 4 is 58.1 Å². The second kappa shape index (κ2) is 13.3. The SMILES string of the molecule is CCOC(=O)C1=C(c2ccccc2)N=c2s/c(=C/c3ccc(Sc4nc(C)cc(=O)[nH]4)c([N+](=O)[O-])c3)c(=O)n2[C@H]1c1ccc(Cl)cc1. The number of hydrogen-bond acceptors (Lipinski definition) is 10. The molecule has 0 saturated carbocycles. The Bertz CT molecular complexity index is 2310. The third-order valence-electron chi connectivity index (χ3n) is 7.09. The number of nitrogens with one attached hydrogen (secondary N) is 1. The van der Waals surface area contributed by atoms with Gasteiger partial charge in [0.05, 0.1) is 38.3 Å². The standard InChI is InChI=1S/C33H24ClN5O6S2/c1-3-45-31(42)27-28(20-7-5-4-6-8-20)37-33-38(29(27)21-10-12-22(34)13-11-21)30(41)25(47-33)17-19-9-14-24(23(16-19)39(43)44)46-32-35-18(2)15-26(40)36-32/h4-17,29H,3H2,1-2H3,(H,35,36,40)/b25-17+/t29-/m0/s1. The summed E-state index contributed by atoms with van der Waals surface area (Å²) in [5.41, 5.74) is 1.69. The second-order valence-corrected chi connectivity index (χ2v) is 12.7. The van der Waals surface area contributed by atoms with E-state index in [1.165, 1.54) is 22.8 Å². The summed E-state index contributed by atoms with van der Waals surface area (Å²) in [6, 6.07) is 21.0. The maximum Gasteiger partial charge on any atom is 0.338 e. The van der Waals surface area contributed by atoms with Gasteiger partial charge in [0.15, 0.2) is 9.96 Å². The van der Waals surface area contributed by atoms with Gasteiger partial charge in [0.2, 0.25) is 0 Å². The molecule has 1 aliphatic rings. The maximum absolute atomic E-state index is 14.1. The molecule has 0 saturated heterocycles. The minimum absolute atomic E-state index is 0.116. The quantitative estimate of drug-likeness (QED) is 0.103. The number of benzene rings is 3. The van der Waals surface area contributed by atoms with Crippen LogP contribution in [0.1, 0.15) is 35.3 Å². The zero-order valence-corrected chi connectivity index (χ0v) is 27.2. The number of fused-ring (bicyclic) bond motifs is 1. The Hall–Kier alpha value is -5.11. The van der Waals surface area contributed by atoms with Crippen LogP contribution >= 0.6 is 34.7 Å². The Morgan fingerprint density at radius 2 is 1.87 bits per heavy atom. The predicted octanol–water partition coefficient (Wildman–Crippen LogP) is 5.04. The fraction of sp³-hybridized carbons (Fsp3) is 0.121. The van der Waals surface area contributed by atoms with Crippen molar-refractivity contribution in [1.29, 1.82) is 0 Å². The first-order chi connectivity index (χ1) is 22.6. The molecule has 0 spiro atoms. The van der Waals surface area contributed by atoms with Gasteiger partial charge in [0.25, 0.3) is 16.8 Å². The third kappa shape index (κ3) is 6.59. The normalized spacial score (nSPS) is 14.4. The van der Waals surface area contributed by atoms with E-state index in [0.717, 1.165) is 23.1 Å². The largest absolute Gasteiger partial charge is 0.463 e. The van der Waals surface area contributed by atoms with Crippen molar-refractivity contribution in [2.24, 2.45) is 4.99 Å². The third-order valence-corrected chi connectivity index (χ3v) is 9.28. The van der Waals surface area contributed by atoms with Crippen LogP contribution in [-0.4, -0.2) is 32.0 Å². The van der Waals surface area contributed by atoms with E-state index in [-0.39, 0.29) is 38.0 Å². The van der Waals surface area contributed by atoms with E-state index in [0.29, 0.717) is 37.9 Å². The number of nitro groups is 1. The first-order valence-electron chi connectivity index (χ1n) is 14.2. The van der Waals surface area contributed by atoms with Gasteiger partial charge >= 0.3 is 5.97 Å². The number of carbonyl (C=O) groups is 1. The van der Waals surface area contributed by atoms with Crippen molar-refractivity contribution in [2.45, 2.75) is 29.9 Å². The summed E-state index contributed by atoms with van der Waals surface area (Å²) in [7, 11) is 0. The lowest BCUT2D eigenvalue weighted by molar-refractivity contribution is -0.387. The number of thiazole rings is 1. The number of esters is 1. The molecule has 3 heterocycles. The summed E-state index contributed by atoms with van der Waals surface area (Å²) < 4.78 is 7.17. The molecule has 0 fully saturated rings. The Balaban J connectivity index is 1.53. The van der Waals surface area contributed by atoms with Crippen molar-refractivity contribution in [3.8, 4) is 0 Å². The molecule has 1 N–H and O–H groups in total. The van der Waals surface area contributed by atoms with E-state index >= 15 is 0 Å². The van der Waals surface area contributed by atoms with Crippen molar-refractivity contribution < 1.29 is 14.5 Å². The number of aryl methyl sites for hydroxylation is 1. The first kappa shape index (κ1) is 31.9.